The van der Waals surface area contributed by atoms with Crippen molar-refractivity contribution in [3.05, 3.63) is 18.2 Å². The molecule has 1 saturated heterocycles. The molecule has 2 rings (SSSR count). The summed E-state index contributed by atoms with van der Waals surface area (Å²) in [5.41, 5.74) is 0. The predicted octanol–water partition coefficient (Wildman–Crippen LogP) is 2.53. The largest absolute Gasteiger partial charge is 0.321 e. The zero-order valence-electron chi connectivity index (χ0n) is 10.5. The Balaban J connectivity index is 1.87. The van der Waals surface area contributed by atoms with Gasteiger partial charge >= 0.3 is 0 Å². The van der Waals surface area contributed by atoms with E-state index in [1.165, 1.54) is 38.2 Å². The zero-order valence-corrected chi connectivity index (χ0v) is 10.5. The van der Waals surface area contributed by atoms with E-state index >= 15 is 0 Å². The lowest BCUT2D eigenvalue weighted by molar-refractivity contribution is 0.254. The number of aromatic nitrogens is 2. The van der Waals surface area contributed by atoms with E-state index in [0.29, 0.717) is 0 Å². The topological polar surface area (TPSA) is 21.1 Å². The first-order valence-corrected chi connectivity index (χ1v) is 6.55. The summed E-state index contributed by atoms with van der Waals surface area (Å²) in [7, 11) is 0. The van der Waals surface area contributed by atoms with Crippen molar-refractivity contribution in [3.63, 3.8) is 0 Å². The summed E-state index contributed by atoms with van der Waals surface area (Å²) in [5, 5.41) is 0. The van der Waals surface area contributed by atoms with E-state index in [1.54, 1.807) is 0 Å². The van der Waals surface area contributed by atoms with Crippen LogP contribution in [0.3, 0.4) is 0 Å². The summed E-state index contributed by atoms with van der Waals surface area (Å²) in [5.74, 6) is 2.14. The molecular weight excluding hydrogens is 198 g/mol. The molecule has 90 valence electrons. The molecule has 0 amide bonds. The quantitative estimate of drug-likeness (QED) is 0.762. The van der Waals surface area contributed by atoms with Crippen molar-refractivity contribution in [1.82, 2.24) is 14.5 Å². The fourth-order valence-corrected chi connectivity index (χ4v) is 2.68. The Morgan fingerprint density at radius 2 is 2.31 bits per heavy atom. The van der Waals surface area contributed by atoms with Crippen LogP contribution < -0.4 is 0 Å². The molecule has 3 nitrogen and oxygen atoms in total. The van der Waals surface area contributed by atoms with Crippen LogP contribution in [0.5, 0.6) is 0 Å². The van der Waals surface area contributed by atoms with Crippen LogP contribution >= 0.6 is 0 Å². The second-order valence-electron chi connectivity index (χ2n) is 4.83. The van der Waals surface area contributed by atoms with Gasteiger partial charge in [-0.2, -0.15) is 0 Å². The van der Waals surface area contributed by atoms with Crippen LogP contribution in [-0.4, -0.2) is 27.5 Å². The van der Waals surface area contributed by atoms with Crippen LogP contribution in [0.25, 0.3) is 0 Å². The Morgan fingerprint density at radius 3 is 3.06 bits per heavy atom. The van der Waals surface area contributed by atoms with Gasteiger partial charge < -0.3 is 4.57 Å². The number of hydrogen-bond acceptors (Lipinski definition) is 2. The Bertz CT molecular complexity index is 319. The molecule has 1 aliphatic heterocycles. The number of hydrogen-bond donors (Lipinski definition) is 0. The van der Waals surface area contributed by atoms with Crippen molar-refractivity contribution >= 4 is 0 Å². The Hall–Kier alpha value is -0.830. The Morgan fingerprint density at radius 1 is 1.44 bits per heavy atom. The van der Waals surface area contributed by atoms with Crippen molar-refractivity contribution in [1.29, 1.82) is 0 Å². The molecule has 1 aromatic rings. The van der Waals surface area contributed by atoms with Gasteiger partial charge in [0.1, 0.15) is 5.82 Å². The van der Waals surface area contributed by atoms with Crippen LogP contribution in [0, 0.1) is 5.92 Å². The van der Waals surface area contributed by atoms with Crippen molar-refractivity contribution < 1.29 is 0 Å². The third-order valence-corrected chi connectivity index (χ3v) is 3.54. The third-order valence-electron chi connectivity index (χ3n) is 3.54. The monoisotopic (exact) mass is 221 g/mol. The second-order valence-corrected chi connectivity index (χ2v) is 4.83. The van der Waals surface area contributed by atoms with Crippen LogP contribution in [-0.2, 0) is 13.1 Å². The van der Waals surface area contributed by atoms with E-state index < -0.39 is 0 Å². The highest BCUT2D eigenvalue weighted by atomic mass is 15.3. The number of aryl methyl sites for hydroxylation is 1. The highest BCUT2D eigenvalue weighted by Gasteiger charge is 2.21. The zero-order chi connectivity index (χ0) is 11.4. The molecule has 1 unspecified atom stereocenters. The van der Waals surface area contributed by atoms with Gasteiger partial charge in [0, 0.05) is 31.9 Å². The summed E-state index contributed by atoms with van der Waals surface area (Å²) < 4.78 is 2.29. The predicted molar refractivity (Wildman–Crippen MR) is 66.2 cm³/mol. The standard InChI is InChI=1S/C13H23N3/c1-3-5-12-6-8-15(10-12)11-16-9-7-14-13(16)4-2/h7,9,12H,3-6,8,10-11H2,1-2H3. The van der Waals surface area contributed by atoms with E-state index in [4.69, 9.17) is 0 Å². The van der Waals surface area contributed by atoms with E-state index in [-0.39, 0.29) is 0 Å². The van der Waals surface area contributed by atoms with Gasteiger partial charge in [-0.3, -0.25) is 4.90 Å². The fourth-order valence-electron chi connectivity index (χ4n) is 2.68. The minimum absolute atomic E-state index is 0.929. The average Bonchev–Trinajstić information content (AvgIpc) is 2.89. The SMILES string of the molecule is CCCC1CCN(Cn2ccnc2CC)C1. The third kappa shape index (κ3) is 2.64. The number of nitrogens with zero attached hydrogens (tertiary/aromatic N) is 3. The van der Waals surface area contributed by atoms with Crippen molar-refractivity contribution in [2.24, 2.45) is 5.92 Å². The van der Waals surface area contributed by atoms with Gasteiger partial charge in [0.05, 0.1) is 6.67 Å². The van der Waals surface area contributed by atoms with Crippen molar-refractivity contribution in [2.75, 3.05) is 13.1 Å². The molecule has 0 aromatic carbocycles. The first kappa shape index (κ1) is 11.6. The smallest absolute Gasteiger partial charge is 0.109 e. The minimum atomic E-state index is 0.929. The van der Waals surface area contributed by atoms with Crippen LogP contribution in [0.4, 0.5) is 0 Å². The number of rotatable bonds is 5. The molecule has 1 aromatic heterocycles. The van der Waals surface area contributed by atoms with Crippen molar-refractivity contribution in [2.45, 2.75) is 46.2 Å². The summed E-state index contributed by atoms with van der Waals surface area (Å²) in [6, 6.07) is 0. The van der Waals surface area contributed by atoms with E-state index in [0.717, 1.165) is 19.0 Å². The van der Waals surface area contributed by atoms with Gasteiger partial charge in [-0.25, -0.2) is 4.98 Å². The Kier molecular flexibility index (Phi) is 3.99. The molecule has 16 heavy (non-hydrogen) atoms. The summed E-state index contributed by atoms with van der Waals surface area (Å²) >= 11 is 0. The average molecular weight is 221 g/mol. The van der Waals surface area contributed by atoms with Gasteiger partial charge in [0.15, 0.2) is 0 Å². The molecular formula is C13H23N3. The first-order valence-electron chi connectivity index (χ1n) is 6.55. The molecule has 0 aliphatic carbocycles. The van der Waals surface area contributed by atoms with Gasteiger partial charge in [0.25, 0.3) is 0 Å². The maximum Gasteiger partial charge on any atom is 0.109 e. The summed E-state index contributed by atoms with van der Waals surface area (Å²) in [6.07, 6.45) is 9.14. The molecule has 0 radical (unpaired) electrons. The van der Waals surface area contributed by atoms with E-state index in [1.807, 2.05) is 6.20 Å². The highest BCUT2D eigenvalue weighted by molar-refractivity contribution is 4.91. The molecule has 1 fully saturated rings. The second kappa shape index (κ2) is 5.48. The van der Waals surface area contributed by atoms with Gasteiger partial charge in [-0.1, -0.05) is 20.3 Å². The molecule has 0 saturated carbocycles. The summed E-state index contributed by atoms with van der Waals surface area (Å²) in [4.78, 5) is 6.93. The van der Waals surface area contributed by atoms with Crippen LogP contribution in [0.15, 0.2) is 12.4 Å². The molecule has 0 bridgehead atoms. The molecule has 0 spiro atoms. The minimum Gasteiger partial charge on any atom is -0.321 e. The normalized spacial score (nSPS) is 21.8. The van der Waals surface area contributed by atoms with E-state index in [2.05, 4.69) is 34.5 Å². The molecule has 1 atom stereocenters. The maximum absolute atomic E-state index is 4.37. The molecule has 3 heteroatoms. The van der Waals surface area contributed by atoms with Crippen LogP contribution in [0.1, 0.15) is 38.9 Å². The summed E-state index contributed by atoms with van der Waals surface area (Å²) in [6.45, 7) is 8.01. The van der Waals surface area contributed by atoms with Gasteiger partial charge in [-0.05, 0) is 18.8 Å². The maximum atomic E-state index is 4.37. The molecule has 0 N–H and O–H groups in total. The van der Waals surface area contributed by atoms with E-state index in [9.17, 15) is 0 Å². The fraction of sp³-hybridized carbons (Fsp3) is 0.769. The van der Waals surface area contributed by atoms with Crippen LogP contribution in [0.2, 0.25) is 0 Å². The molecule has 2 heterocycles. The van der Waals surface area contributed by atoms with Crippen molar-refractivity contribution in [3.8, 4) is 0 Å². The Labute approximate surface area is 98.5 Å². The first-order chi connectivity index (χ1) is 7.83. The number of likely N-dealkylation sites (tertiary alicyclic amines) is 1. The number of imidazole rings is 1. The molecule has 1 aliphatic rings. The lowest BCUT2D eigenvalue weighted by Gasteiger charge is -2.17. The lowest BCUT2D eigenvalue weighted by Crippen LogP contribution is -2.24. The van der Waals surface area contributed by atoms with Gasteiger partial charge in [0.2, 0.25) is 0 Å². The highest BCUT2D eigenvalue weighted by Crippen LogP contribution is 2.21. The van der Waals surface area contributed by atoms with Gasteiger partial charge in [-0.15, -0.1) is 0 Å². The lowest BCUT2D eigenvalue weighted by atomic mass is 10.0.